The molecule has 17 heavy (non-hydrogen) atoms. The van der Waals surface area contributed by atoms with Crippen LogP contribution in [0.25, 0.3) is 0 Å². The van der Waals surface area contributed by atoms with Gasteiger partial charge in [-0.2, -0.15) is 0 Å². The molecule has 2 rings (SSSR count). The van der Waals surface area contributed by atoms with Crippen LogP contribution in [0, 0.1) is 10.8 Å². The number of piperidine rings is 1. The Balaban J connectivity index is 1.93. The van der Waals surface area contributed by atoms with Crippen molar-refractivity contribution < 1.29 is 9.84 Å². The average molecular weight is 241 g/mol. The van der Waals surface area contributed by atoms with E-state index in [9.17, 15) is 5.11 Å². The van der Waals surface area contributed by atoms with Crippen LogP contribution in [-0.4, -0.2) is 49.5 Å². The maximum Gasteiger partial charge on any atom is 0.0556 e. The van der Waals surface area contributed by atoms with Crippen molar-refractivity contribution in [2.45, 2.75) is 39.5 Å². The molecule has 0 amide bonds. The van der Waals surface area contributed by atoms with E-state index < -0.39 is 0 Å². The Kier molecular flexibility index (Phi) is 4.11. The summed E-state index contributed by atoms with van der Waals surface area (Å²) in [6.45, 7) is 9.93. The molecule has 2 aliphatic rings. The summed E-state index contributed by atoms with van der Waals surface area (Å²) in [6.07, 6.45) is 4.82. The van der Waals surface area contributed by atoms with Gasteiger partial charge in [-0.1, -0.05) is 13.8 Å². The molecule has 100 valence electrons. The largest absolute Gasteiger partial charge is 0.396 e. The Hall–Kier alpha value is -0.120. The Morgan fingerprint density at radius 1 is 1.24 bits per heavy atom. The first-order valence-corrected chi connectivity index (χ1v) is 6.96. The van der Waals surface area contributed by atoms with Crippen molar-refractivity contribution in [3.05, 3.63) is 0 Å². The molecule has 0 saturated carbocycles. The first kappa shape index (κ1) is 13.3. The van der Waals surface area contributed by atoms with Gasteiger partial charge in [0.1, 0.15) is 0 Å². The van der Waals surface area contributed by atoms with Gasteiger partial charge in [0.2, 0.25) is 0 Å². The highest BCUT2D eigenvalue weighted by Crippen LogP contribution is 2.33. The molecule has 0 aromatic carbocycles. The summed E-state index contributed by atoms with van der Waals surface area (Å²) in [5, 5.41) is 9.70. The molecule has 2 heterocycles. The van der Waals surface area contributed by atoms with Gasteiger partial charge in [0.25, 0.3) is 0 Å². The molecule has 2 aliphatic heterocycles. The van der Waals surface area contributed by atoms with E-state index in [0.717, 1.165) is 39.1 Å². The van der Waals surface area contributed by atoms with Gasteiger partial charge in [-0.15, -0.1) is 0 Å². The summed E-state index contributed by atoms with van der Waals surface area (Å²) in [4.78, 5) is 2.54. The van der Waals surface area contributed by atoms with Crippen LogP contribution in [0.3, 0.4) is 0 Å². The molecule has 3 heteroatoms. The van der Waals surface area contributed by atoms with Crippen LogP contribution in [0.1, 0.15) is 39.5 Å². The minimum Gasteiger partial charge on any atom is -0.396 e. The molecule has 0 radical (unpaired) electrons. The van der Waals surface area contributed by atoms with E-state index in [4.69, 9.17) is 4.74 Å². The van der Waals surface area contributed by atoms with Gasteiger partial charge in [-0.3, -0.25) is 0 Å². The predicted octanol–water partition coefficient (Wildman–Crippen LogP) is 1.90. The second kappa shape index (κ2) is 5.25. The van der Waals surface area contributed by atoms with E-state index >= 15 is 0 Å². The van der Waals surface area contributed by atoms with Crippen LogP contribution >= 0.6 is 0 Å². The number of rotatable bonds is 3. The Morgan fingerprint density at radius 2 is 2.06 bits per heavy atom. The van der Waals surface area contributed by atoms with Crippen LogP contribution in [0.15, 0.2) is 0 Å². The van der Waals surface area contributed by atoms with Crippen LogP contribution in [-0.2, 0) is 4.74 Å². The lowest BCUT2D eigenvalue weighted by atomic mass is 9.79. The average Bonchev–Trinajstić information content (AvgIpc) is 2.29. The molecular weight excluding hydrogens is 214 g/mol. The molecule has 0 aromatic rings. The van der Waals surface area contributed by atoms with Crippen LogP contribution in [0.2, 0.25) is 0 Å². The summed E-state index contributed by atoms with van der Waals surface area (Å²) >= 11 is 0. The number of ether oxygens (including phenoxy) is 1. The minimum absolute atomic E-state index is 0.00562. The maximum absolute atomic E-state index is 9.70. The third kappa shape index (κ3) is 3.43. The van der Waals surface area contributed by atoms with Crippen molar-refractivity contribution in [2.75, 3.05) is 39.5 Å². The van der Waals surface area contributed by atoms with Gasteiger partial charge in [-0.25, -0.2) is 0 Å². The molecule has 2 fully saturated rings. The number of hydrogen-bond donors (Lipinski definition) is 1. The molecule has 0 aromatic heterocycles. The van der Waals surface area contributed by atoms with Gasteiger partial charge >= 0.3 is 0 Å². The highest BCUT2D eigenvalue weighted by molar-refractivity contribution is 4.88. The number of hydrogen-bond acceptors (Lipinski definition) is 3. The van der Waals surface area contributed by atoms with Gasteiger partial charge in [0.15, 0.2) is 0 Å². The van der Waals surface area contributed by atoms with Gasteiger partial charge in [0, 0.05) is 25.1 Å². The zero-order valence-corrected chi connectivity index (χ0v) is 11.4. The fourth-order valence-corrected chi connectivity index (χ4v) is 3.36. The molecule has 0 aliphatic carbocycles. The zero-order valence-electron chi connectivity index (χ0n) is 11.4. The second-order valence-corrected chi connectivity index (χ2v) is 6.79. The van der Waals surface area contributed by atoms with Crippen LogP contribution in [0.5, 0.6) is 0 Å². The summed E-state index contributed by atoms with van der Waals surface area (Å²) in [5.41, 5.74) is 0.441. The van der Waals surface area contributed by atoms with Crippen LogP contribution < -0.4 is 0 Å². The topological polar surface area (TPSA) is 32.7 Å². The molecule has 2 saturated heterocycles. The lowest BCUT2D eigenvalue weighted by Gasteiger charge is -2.44. The molecule has 1 unspecified atom stereocenters. The zero-order chi connectivity index (χ0) is 12.4. The molecular formula is C14H27NO2. The maximum atomic E-state index is 9.70. The summed E-state index contributed by atoms with van der Waals surface area (Å²) in [7, 11) is 0. The Bertz CT molecular complexity index is 247. The van der Waals surface area contributed by atoms with Crippen LogP contribution in [0.4, 0.5) is 0 Å². The third-order valence-electron chi connectivity index (χ3n) is 4.28. The van der Waals surface area contributed by atoms with Gasteiger partial charge in [0.05, 0.1) is 13.2 Å². The molecule has 1 atom stereocenters. The van der Waals surface area contributed by atoms with Crippen molar-refractivity contribution in [1.29, 1.82) is 0 Å². The second-order valence-electron chi connectivity index (χ2n) is 6.79. The SMILES string of the molecule is CC1(C)CCCN(CC2(CO)CCCOC2)C1. The van der Waals surface area contributed by atoms with E-state index in [-0.39, 0.29) is 12.0 Å². The predicted molar refractivity (Wildman–Crippen MR) is 69.0 cm³/mol. The highest BCUT2D eigenvalue weighted by Gasteiger charge is 2.36. The van der Waals surface area contributed by atoms with Crippen molar-refractivity contribution in [2.24, 2.45) is 10.8 Å². The summed E-state index contributed by atoms with van der Waals surface area (Å²) in [6, 6.07) is 0. The van der Waals surface area contributed by atoms with Gasteiger partial charge in [-0.05, 0) is 37.6 Å². The first-order chi connectivity index (χ1) is 8.05. The number of aliphatic hydroxyl groups excluding tert-OH is 1. The molecule has 1 N–H and O–H groups in total. The number of likely N-dealkylation sites (tertiary alicyclic amines) is 1. The minimum atomic E-state index is 0.00562. The molecule has 0 bridgehead atoms. The number of nitrogens with zero attached hydrogens (tertiary/aromatic N) is 1. The highest BCUT2D eigenvalue weighted by atomic mass is 16.5. The van der Waals surface area contributed by atoms with Gasteiger partial charge < -0.3 is 14.7 Å². The normalized spacial score (nSPS) is 34.8. The smallest absolute Gasteiger partial charge is 0.0556 e. The monoisotopic (exact) mass is 241 g/mol. The number of aliphatic hydroxyl groups is 1. The van der Waals surface area contributed by atoms with Crippen molar-refractivity contribution in [3.8, 4) is 0 Å². The van der Waals surface area contributed by atoms with E-state index in [1.54, 1.807) is 0 Å². The Morgan fingerprint density at radius 3 is 2.65 bits per heavy atom. The first-order valence-electron chi connectivity index (χ1n) is 6.96. The Labute approximate surface area is 105 Å². The quantitative estimate of drug-likeness (QED) is 0.819. The van der Waals surface area contributed by atoms with Crippen molar-refractivity contribution in [1.82, 2.24) is 4.90 Å². The third-order valence-corrected chi connectivity index (χ3v) is 4.28. The fraction of sp³-hybridized carbons (Fsp3) is 1.00. The van der Waals surface area contributed by atoms with E-state index in [2.05, 4.69) is 18.7 Å². The van der Waals surface area contributed by atoms with E-state index in [0.29, 0.717) is 5.41 Å². The fourth-order valence-electron chi connectivity index (χ4n) is 3.36. The summed E-state index contributed by atoms with van der Waals surface area (Å²) < 4.78 is 5.58. The van der Waals surface area contributed by atoms with E-state index in [1.807, 2.05) is 0 Å². The van der Waals surface area contributed by atoms with Crippen molar-refractivity contribution >= 4 is 0 Å². The lowest BCUT2D eigenvalue weighted by molar-refractivity contribution is -0.0636. The lowest BCUT2D eigenvalue weighted by Crippen LogP contribution is -2.50. The standard InChI is InChI=1S/C14H27NO2/c1-13(2)5-3-7-15(9-13)10-14(11-16)6-4-8-17-12-14/h16H,3-12H2,1-2H3. The molecule has 0 spiro atoms. The summed E-state index contributed by atoms with van der Waals surface area (Å²) in [5.74, 6) is 0. The van der Waals surface area contributed by atoms with E-state index in [1.165, 1.54) is 19.4 Å². The van der Waals surface area contributed by atoms with Crippen molar-refractivity contribution in [3.63, 3.8) is 0 Å². The molecule has 3 nitrogen and oxygen atoms in total.